The molecule has 4 nitrogen and oxygen atoms in total. The quantitative estimate of drug-likeness (QED) is 0.735. The van der Waals surface area contributed by atoms with Gasteiger partial charge in [-0.1, -0.05) is 31.9 Å². The van der Waals surface area contributed by atoms with Crippen LogP contribution in [0, 0.1) is 5.82 Å². The van der Waals surface area contributed by atoms with Gasteiger partial charge in [-0.25, -0.2) is 12.8 Å². The summed E-state index contributed by atoms with van der Waals surface area (Å²) in [6, 6.07) is 7.85. The van der Waals surface area contributed by atoms with E-state index < -0.39 is 20.7 Å². The standard InChI is InChI=1S/C12H8Br2FNO3S/c13-7-2-4-12(9(15)5-7)20(18,19)16-10-6-8(14)1-3-11(10)17/h1-6,16-17H. The number of phenolic OH excluding ortho intramolecular Hbond substituents is 1. The van der Waals surface area contributed by atoms with Crippen LogP contribution < -0.4 is 4.72 Å². The van der Waals surface area contributed by atoms with Gasteiger partial charge in [-0.05, 0) is 36.4 Å². The molecular formula is C12H8Br2FNO3S. The zero-order valence-corrected chi connectivity index (χ0v) is 13.8. The zero-order valence-electron chi connectivity index (χ0n) is 9.77. The second-order valence-corrected chi connectivity index (χ2v) is 7.32. The van der Waals surface area contributed by atoms with Gasteiger partial charge in [0.1, 0.15) is 16.5 Å². The van der Waals surface area contributed by atoms with Gasteiger partial charge in [0.05, 0.1) is 5.69 Å². The van der Waals surface area contributed by atoms with Crippen molar-refractivity contribution in [1.82, 2.24) is 0 Å². The lowest BCUT2D eigenvalue weighted by molar-refractivity contribution is 0.477. The minimum absolute atomic E-state index is 0.0401. The van der Waals surface area contributed by atoms with Crippen LogP contribution in [0.4, 0.5) is 10.1 Å². The lowest BCUT2D eigenvalue weighted by Crippen LogP contribution is -2.14. The van der Waals surface area contributed by atoms with E-state index in [1.165, 1.54) is 18.2 Å². The topological polar surface area (TPSA) is 66.4 Å². The molecule has 0 bridgehead atoms. The van der Waals surface area contributed by atoms with Crippen molar-refractivity contribution in [1.29, 1.82) is 0 Å². The van der Waals surface area contributed by atoms with Crippen molar-refractivity contribution in [2.24, 2.45) is 0 Å². The molecule has 0 amide bonds. The molecule has 0 spiro atoms. The largest absolute Gasteiger partial charge is 0.506 e. The van der Waals surface area contributed by atoms with E-state index >= 15 is 0 Å². The first-order chi connectivity index (χ1) is 9.29. The third kappa shape index (κ3) is 3.31. The number of aromatic hydroxyl groups is 1. The van der Waals surface area contributed by atoms with Crippen LogP contribution in [0.1, 0.15) is 0 Å². The Morgan fingerprint density at radius 3 is 2.30 bits per heavy atom. The highest BCUT2D eigenvalue weighted by molar-refractivity contribution is 9.10. The molecule has 20 heavy (non-hydrogen) atoms. The molecule has 0 saturated carbocycles. The Labute approximate surface area is 131 Å². The first kappa shape index (κ1) is 15.3. The number of rotatable bonds is 3. The van der Waals surface area contributed by atoms with E-state index in [4.69, 9.17) is 0 Å². The normalized spacial score (nSPS) is 11.3. The van der Waals surface area contributed by atoms with E-state index in [1.807, 2.05) is 0 Å². The molecule has 0 heterocycles. The fourth-order valence-corrected chi connectivity index (χ4v) is 3.30. The van der Waals surface area contributed by atoms with Crippen molar-refractivity contribution in [3.8, 4) is 5.75 Å². The number of hydrogen-bond donors (Lipinski definition) is 2. The Kier molecular flexibility index (Phi) is 4.36. The lowest BCUT2D eigenvalue weighted by atomic mass is 10.3. The van der Waals surface area contributed by atoms with E-state index in [1.54, 1.807) is 6.07 Å². The summed E-state index contributed by atoms with van der Waals surface area (Å²) >= 11 is 6.21. The van der Waals surface area contributed by atoms with Crippen molar-refractivity contribution in [2.75, 3.05) is 4.72 Å². The molecule has 106 valence electrons. The van der Waals surface area contributed by atoms with Crippen LogP contribution in [0.15, 0.2) is 50.2 Å². The maximum atomic E-state index is 13.7. The van der Waals surface area contributed by atoms with Gasteiger partial charge in [0.2, 0.25) is 0 Å². The molecule has 0 aromatic heterocycles. The molecule has 0 radical (unpaired) electrons. The number of phenols is 1. The molecule has 0 aliphatic heterocycles. The molecule has 0 unspecified atom stereocenters. The van der Waals surface area contributed by atoms with Gasteiger partial charge >= 0.3 is 0 Å². The van der Waals surface area contributed by atoms with Crippen LogP contribution in [-0.4, -0.2) is 13.5 Å². The SMILES string of the molecule is O=S(=O)(Nc1cc(Br)ccc1O)c1ccc(Br)cc1F. The number of halogens is 3. The Bertz CT molecular complexity index is 765. The van der Waals surface area contributed by atoms with Gasteiger partial charge < -0.3 is 5.11 Å². The summed E-state index contributed by atoms with van der Waals surface area (Å²) in [5.41, 5.74) is -0.0401. The van der Waals surface area contributed by atoms with E-state index in [-0.39, 0.29) is 11.4 Å². The molecule has 8 heteroatoms. The summed E-state index contributed by atoms with van der Waals surface area (Å²) in [6.45, 7) is 0. The van der Waals surface area contributed by atoms with Gasteiger partial charge in [-0.15, -0.1) is 0 Å². The number of benzene rings is 2. The number of anilines is 1. The smallest absolute Gasteiger partial charge is 0.264 e. The minimum atomic E-state index is -4.13. The van der Waals surface area contributed by atoms with Gasteiger partial charge in [-0.3, -0.25) is 4.72 Å². The molecule has 0 aliphatic rings. The van der Waals surface area contributed by atoms with Crippen LogP contribution in [0.3, 0.4) is 0 Å². The van der Waals surface area contributed by atoms with Crippen molar-refractivity contribution < 1.29 is 17.9 Å². The Morgan fingerprint density at radius 2 is 1.65 bits per heavy atom. The molecule has 0 atom stereocenters. The van der Waals surface area contributed by atoms with Crippen LogP contribution in [0.25, 0.3) is 0 Å². The van der Waals surface area contributed by atoms with Crippen LogP contribution in [0.5, 0.6) is 5.75 Å². The average molecular weight is 425 g/mol. The second-order valence-electron chi connectivity index (χ2n) is 3.84. The fraction of sp³-hybridized carbons (Fsp3) is 0. The average Bonchev–Trinajstić information content (AvgIpc) is 2.33. The molecule has 0 saturated heterocycles. The molecule has 2 aromatic rings. The maximum Gasteiger partial charge on any atom is 0.264 e. The predicted octanol–water partition coefficient (Wildman–Crippen LogP) is 3.86. The summed E-state index contributed by atoms with van der Waals surface area (Å²) < 4.78 is 41.1. The fourth-order valence-electron chi connectivity index (χ4n) is 1.48. The molecule has 0 aliphatic carbocycles. The summed E-state index contributed by atoms with van der Waals surface area (Å²) in [5.74, 6) is -1.14. The third-order valence-electron chi connectivity index (χ3n) is 2.39. The van der Waals surface area contributed by atoms with Crippen molar-refractivity contribution in [2.45, 2.75) is 4.90 Å². The van der Waals surface area contributed by atoms with Crippen molar-refractivity contribution >= 4 is 47.6 Å². The van der Waals surface area contributed by atoms with Crippen LogP contribution in [-0.2, 0) is 10.0 Å². The Morgan fingerprint density at radius 1 is 1.05 bits per heavy atom. The molecule has 2 aromatic carbocycles. The molecule has 2 rings (SSSR count). The first-order valence-corrected chi connectivity index (χ1v) is 8.33. The van der Waals surface area contributed by atoms with E-state index in [2.05, 4.69) is 36.6 Å². The summed E-state index contributed by atoms with van der Waals surface area (Å²) in [6.07, 6.45) is 0. The minimum Gasteiger partial charge on any atom is -0.506 e. The van der Waals surface area contributed by atoms with E-state index in [0.717, 1.165) is 12.1 Å². The lowest BCUT2D eigenvalue weighted by Gasteiger charge is -2.10. The van der Waals surface area contributed by atoms with Gasteiger partial charge in [0.15, 0.2) is 0 Å². The van der Waals surface area contributed by atoms with E-state index in [0.29, 0.717) is 8.95 Å². The number of sulfonamides is 1. The van der Waals surface area contributed by atoms with Gasteiger partial charge in [0.25, 0.3) is 10.0 Å². The maximum absolute atomic E-state index is 13.7. The predicted molar refractivity (Wildman–Crippen MR) is 80.7 cm³/mol. The monoisotopic (exact) mass is 423 g/mol. The number of nitrogens with one attached hydrogen (secondary N) is 1. The van der Waals surface area contributed by atoms with Crippen molar-refractivity contribution in [3.05, 3.63) is 51.2 Å². The molecule has 0 fully saturated rings. The third-order valence-corrected chi connectivity index (χ3v) is 4.77. The first-order valence-electron chi connectivity index (χ1n) is 5.26. The summed E-state index contributed by atoms with van der Waals surface area (Å²) in [5, 5.41) is 9.61. The number of hydrogen-bond acceptors (Lipinski definition) is 3. The Hall–Kier alpha value is -1.12. The highest BCUT2D eigenvalue weighted by Crippen LogP contribution is 2.29. The highest BCUT2D eigenvalue weighted by atomic mass is 79.9. The van der Waals surface area contributed by atoms with E-state index in [9.17, 15) is 17.9 Å². The zero-order chi connectivity index (χ0) is 14.9. The van der Waals surface area contributed by atoms with Crippen LogP contribution >= 0.6 is 31.9 Å². The van der Waals surface area contributed by atoms with Crippen molar-refractivity contribution in [3.63, 3.8) is 0 Å². The molecular weight excluding hydrogens is 417 g/mol. The summed E-state index contributed by atoms with van der Waals surface area (Å²) in [4.78, 5) is -0.500. The second kappa shape index (κ2) is 5.71. The molecule has 2 N–H and O–H groups in total. The van der Waals surface area contributed by atoms with Gasteiger partial charge in [0, 0.05) is 8.95 Å². The summed E-state index contributed by atoms with van der Waals surface area (Å²) in [7, 11) is -4.13. The van der Waals surface area contributed by atoms with Gasteiger partial charge in [-0.2, -0.15) is 0 Å². The Balaban J connectivity index is 2.43. The van der Waals surface area contributed by atoms with Crippen LogP contribution in [0.2, 0.25) is 0 Å². The highest BCUT2D eigenvalue weighted by Gasteiger charge is 2.20.